The van der Waals surface area contributed by atoms with Crippen molar-refractivity contribution < 1.29 is 9.59 Å². The highest BCUT2D eigenvalue weighted by molar-refractivity contribution is 7.18. The summed E-state index contributed by atoms with van der Waals surface area (Å²) in [6, 6.07) is 13.4. The second-order valence-corrected chi connectivity index (χ2v) is 7.42. The number of thiazole rings is 1. The lowest BCUT2D eigenvalue weighted by Gasteiger charge is -2.16. The fourth-order valence-electron chi connectivity index (χ4n) is 2.55. The Labute approximate surface area is 156 Å². The minimum absolute atomic E-state index is 0.0346. The van der Waals surface area contributed by atoms with E-state index in [1.165, 1.54) is 0 Å². The molecule has 0 radical (unpaired) electrons. The van der Waals surface area contributed by atoms with Crippen LogP contribution in [0.4, 0.5) is 0 Å². The number of amides is 2. The molecule has 1 aromatic heterocycles. The summed E-state index contributed by atoms with van der Waals surface area (Å²) in [4.78, 5) is 30.6. The van der Waals surface area contributed by atoms with Crippen LogP contribution in [-0.4, -0.2) is 35.3 Å². The predicted molar refractivity (Wildman–Crippen MR) is 104 cm³/mol. The van der Waals surface area contributed by atoms with Gasteiger partial charge in [-0.05, 0) is 49.2 Å². The average Bonchev–Trinajstić information content (AvgIpc) is 3.03. The number of carbonyl (C=O) groups excluding carboxylic acids is 2. The molecule has 0 unspecified atom stereocenters. The molecule has 5 nitrogen and oxygen atoms in total. The van der Waals surface area contributed by atoms with Gasteiger partial charge in [0, 0.05) is 12.6 Å². The molecule has 1 N–H and O–H groups in total. The van der Waals surface area contributed by atoms with Gasteiger partial charge in [0.25, 0.3) is 5.91 Å². The van der Waals surface area contributed by atoms with E-state index < -0.39 is 0 Å². The zero-order chi connectivity index (χ0) is 18.7. The minimum Gasteiger partial charge on any atom is -0.343 e. The molecule has 0 aliphatic heterocycles. The Morgan fingerprint density at radius 1 is 1.12 bits per heavy atom. The van der Waals surface area contributed by atoms with Crippen LogP contribution in [-0.2, 0) is 11.3 Å². The Hall–Kier alpha value is -2.73. The first kappa shape index (κ1) is 18.1. The molecule has 0 atom stereocenters. The zero-order valence-electron chi connectivity index (χ0n) is 15.1. The smallest absolute Gasteiger partial charge is 0.251 e. The van der Waals surface area contributed by atoms with E-state index in [2.05, 4.69) is 10.3 Å². The highest BCUT2D eigenvalue weighted by Gasteiger charge is 2.14. The number of rotatable bonds is 5. The number of aryl methyl sites for hydroxylation is 2. The van der Waals surface area contributed by atoms with Crippen LogP contribution in [0, 0.1) is 13.8 Å². The molecule has 134 valence electrons. The Kier molecular flexibility index (Phi) is 5.32. The predicted octanol–water partition coefficient (Wildman–Crippen LogP) is 3.30. The van der Waals surface area contributed by atoms with Crippen LogP contribution in [0.1, 0.15) is 26.5 Å². The Morgan fingerprint density at radius 3 is 2.62 bits per heavy atom. The number of nitrogens with zero attached hydrogens (tertiary/aromatic N) is 2. The zero-order valence-corrected chi connectivity index (χ0v) is 15.9. The highest BCUT2D eigenvalue weighted by atomic mass is 32.1. The van der Waals surface area contributed by atoms with Crippen molar-refractivity contribution in [3.8, 4) is 0 Å². The van der Waals surface area contributed by atoms with Gasteiger partial charge in [0.15, 0.2) is 0 Å². The largest absolute Gasteiger partial charge is 0.343 e. The lowest BCUT2D eigenvalue weighted by Crippen LogP contribution is -2.37. The number of carbonyl (C=O) groups is 2. The molecule has 0 spiro atoms. The molecule has 0 bridgehead atoms. The van der Waals surface area contributed by atoms with Crippen LogP contribution in [0.5, 0.6) is 0 Å². The van der Waals surface area contributed by atoms with Crippen LogP contribution in [0.25, 0.3) is 10.2 Å². The number of fused-ring (bicyclic) bond motifs is 1. The van der Waals surface area contributed by atoms with Crippen molar-refractivity contribution in [3.05, 3.63) is 64.2 Å². The molecular weight excluding hydrogens is 346 g/mol. The molecule has 0 fully saturated rings. The van der Waals surface area contributed by atoms with Gasteiger partial charge in [0.2, 0.25) is 5.91 Å². The molecule has 0 aliphatic carbocycles. The molecule has 26 heavy (non-hydrogen) atoms. The summed E-state index contributed by atoms with van der Waals surface area (Å²) in [5.74, 6) is -0.392. The maximum Gasteiger partial charge on any atom is 0.251 e. The molecule has 0 aliphatic rings. The highest BCUT2D eigenvalue weighted by Crippen LogP contribution is 2.22. The van der Waals surface area contributed by atoms with Gasteiger partial charge in [0.1, 0.15) is 5.01 Å². The van der Waals surface area contributed by atoms with Crippen LogP contribution in [0.2, 0.25) is 0 Å². The first-order valence-electron chi connectivity index (χ1n) is 8.38. The van der Waals surface area contributed by atoms with Gasteiger partial charge in [-0.1, -0.05) is 18.2 Å². The number of hydrogen-bond acceptors (Lipinski definition) is 4. The normalized spacial score (nSPS) is 10.7. The van der Waals surface area contributed by atoms with Crippen LogP contribution in [0.15, 0.2) is 42.5 Å². The second kappa shape index (κ2) is 7.66. The van der Waals surface area contributed by atoms with Crippen LogP contribution >= 0.6 is 11.3 Å². The topological polar surface area (TPSA) is 62.3 Å². The van der Waals surface area contributed by atoms with Crippen molar-refractivity contribution in [2.45, 2.75) is 20.4 Å². The van der Waals surface area contributed by atoms with E-state index in [1.807, 2.05) is 50.2 Å². The summed E-state index contributed by atoms with van der Waals surface area (Å²) >= 11 is 1.57. The number of benzene rings is 2. The second-order valence-electron chi connectivity index (χ2n) is 6.31. The molecule has 1 heterocycles. The summed E-state index contributed by atoms with van der Waals surface area (Å²) < 4.78 is 1.10. The molecule has 2 amide bonds. The number of likely N-dealkylation sites (N-methyl/N-ethyl adjacent to an activating group) is 1. The van der Waals surface area contributed by atoms with E-state index >= 15 is 0 Å². The minimum atomic E-state index is -0.241. The third-order valence-corrected chi connectivity index (χ3v) is 5.33. The average molecular weight is 367 g/mol. The summed E-state index contributed by atoms with van der Waals surface area (Å²) in [6.45, 7) is 4.35. The molecule has 2 aromatic carbocycles. The van der Waals surface area contributed by atoms with E-state index in [4.69, 9.17) is 0 Å². The van der Waals surface area contributed by atoms with Crippen molar-refractivity contribution in [1.29, 1.82) is 0 Å². The van der Waals surface area contributed by atoms with Gasteiger partial charge in [-0.15, -0.1) is 11.3 Å². The maximum atomic E-state index is 12.3. The van der Waals surface area contributed by atoms with Gasteiger partial charge in [-0.25, -0.2) is 4.98 Å². The molecule has 6 heteroatoms. The molecule has 3 rings (SSSR count). The summed E-state index contributed by atoms with van der Waals surface area (Å²) in [6.07, 6.45) is 0. The van der Waals surface area contributed by atoms with Crippen LogP contribution < -0.4 is 5.32 Å². The van der Waals surface area contributed by atoms with Crippen molar-refractivity contribution >= 4 is 33.4 Å². The molecular formula is C20H21N3O2S. The Balaban J connectivity index is 1.56. The first-order valence-corrected chi connectivity index (χ1v) is 9.19. The SMILES string of the molecule is Cc1ccc(C(=O)NCC(=O)N(C)Cc2nc3ccccc3s2)cc1C. The lowest BCUT2D eigenvalue weighted by molar-refractivity contribution is -0.129. The van der Waals surface area contributed by atoms with Gasteiger partial charge in [-0.2, -0.15) is 0 Å². The monoisotopic (exact) mass is 367 g/mol. The third kappa shape index (κ3) is 4.08. The van der Waals surface area contributed by atoms with Crippen molar-refractivity contribution in [3.63, 3.8) is 0 Å². The van der Waals surface area contributed by atoms with Gasteiger partial charge in [-0.3, -0.25) is 9.59 Å². The van der Waals surface area contributed by atoms with Crippen molar-refractivity contribution in [2.75, 3.05) is 13.6 Å². The quantitative estimate of drug-likeness (QED) is 0.753. The van der Waals surface area contributed by atoms with Gasteiger partial charge in [0.05, 0.1) is 23.3 Å². The number of hydrogen-bond donors (Lipinski definition) is 1. The number of para-hydroxylation sites is 1. The van der Waals surface area contributed by atoms with E-state index in [-0.39, 0.29) is 18.4 Å². The van der Waals surface area contributed by atoms with Gasteiger partial charge >= 0.3 is 0 Å². The summed E-state index contributed by atoms with van der Waals surface area (Å²) in [5.41, 5.74) is 3.69. The molecule has 0 saturated carbocycles. The first-order chi connectivity index (χ1) is 12.4. The molecule has 0 saturated heterocycles. The van der Waals surface area contributed by atoms with Crippen molar-refractivity contribution in [2.24, 2.45) is 0 Å². The standard InChI is InChI=1S/C20H21N3O2S/c1-13-8-9-15(10-14(13)2)20(25)21-11-19(24)23(3)12-18-22-16-6-4-5-7-17(16)26-18/h4-10H,11-12H2,1-3H3,(H,21,25). The van der Waals surface area contributed by atoms with E-state index in [1.54, 1.807) is 29.4 Å². The lowest BCUT2D eigenvalue weighted by atomic mass is 10.1. The van der Waals surface area contributed by atoms with Crippen LogP contribution in [0.3, 0.4) is 0 Å². The Morgan fingerprint density at radius 2 is 1.88 bits per heavy atom. The van der Waals surface area contributed by atoms with E-state index in [0.29, 0.717) is 12.1 Å². The third-order valence-electron chi connectivity index (χ3n) is 4.31. The van der Waals surface area contributed by atoms with Gasteiger partial charge < -0.3 is 10.2 Å². The summed E-state index contributed by atoms with van der Waals surface area (Å²) in [7, 11) is 1.72. The molecule has 3 aromatic rings. The Bertz CT molecular complexity index is 932. The maximum absolute atomic E-state index is 12.3. The van der Waals surface area contributed by atoms with E-state index in [9.17, 15) is 9.59 Å². The summed E-state index contributed by atoms with van der Waals surface area (Å²) in [5, 5.41) is 3.57. The fourth-order valence-corrected chi connectivity index (χ4v) is 3.58. The van der Waals surface area contributed by atoms with Crippen molar-refractivity contribution in [1.82, 2.24) is 15.2 Å². The number of aromatic nitrogens is 1. The number of nitrogens with one attached hydrogen (secondary N) is 1. The fraction of sp³-hybridized carbons (Fsp3) is 0.250. The van der Waals surface area contributed by atoms with E-state index in [0.717, 1.165) is 26.4 Å².